The van der Waals surface area contributed by atoms with E-state index in [0.29, 0.717) is 0 Å². The topological polar surface area (TPSA) is 20.2 Å². The van der Waals surface area contributed by atoms with E-state index in [-0.39, 0.29) is 5.41 Å². The molecule has 1 N–H and O–H groups in total. The molecule has 0 aliphatic heterocycles. The van der Waals surface area contributed by atoms with Crippen molar-refractivity contribution < 1.29 is 5.11 Å². The van der Waals surface area contributed by atoms with Crippen molar-refractivity contribution in [1.82, 2.24) is 0 Å². The third kappa shape index (κ3) is 6.43. The van der Waals surface area contributed by atoms with Crippen LogP contribution >= 0.6 is 63.7 Å². The fourth-order valence-corrected chi connectivity index (χ4v) is 12.3. The first-order chi connectivity index (χ1) is 30.7. The lowest BCUT2D eigenvalue weighted by Crippen LogP contribution is -2.31. The molecule has 0 radical (unpaired) electrons. The molecule has 1 nitrogen and oxygen atoms in total. The number of halogens is 4. The average molecular weight is 1070 g/mol. The summed E-state index contributed by atoms with van der Waals surface area (Å²) in [7, 11) is 0. The first-order valence-electron chi connectivity index (χ1n) is 22.0. The van der Waals surface area contributed by atoms with Crippen LogP contribution in [0.3, 0.4) is 0 Å². The van der Waals surface area contributed by atoms with Gasteiger partial charge < -0.3 is 5.11 Å². The molecule has 8 aromatic rings. The molecule has 8 aromatic carbocycles. The van der Waals surface area contributed by atoms with Gasteiger partial charge in [-0.1, -0.05) is 167 Å². The summed E-state index contributed by atoms with van der Waals surface area (Å²) in [6, 6.07) is 55.7. The summed E-state index contributed by atoms with van der Waals surface area (Å²) in [5, 5.41) is 12.7. The fourth-order valence-electron chi connectivity index (χ4n) is 10.9. The lowest BCUT2D eigenvalue weighted by Gasteiger charge is -2.36. The van der Waals surface area contributed by atoms with Crippen molar-refractivity contribution in [3.63, 3.8) is 0 Å². The molecule has 13 rings (SSSR count). The molecule has 0 bridgehead atoms. The van der Waals surface area contributed by atoms with Crippen molar-refractivity contribution in [2.24, 2.45) is 0 Å². The number of hydrogen-bond donors (Lipinski definition) is 1. The molecule has 0 saturated heterocycles. The summed E-state index contributed by atoms with van der Waals surface area (Å²) in [5.41, 5.74) is 23.1. The van der Waals surface area contributed by atoms with Gasteiger partial charge in [0.2, 0.25) is 0 Å². The minimum atomic E-state index is -1.25. The highest BCUT2D eigenvalue weighted by Crippen LogP contribution is 2.58. The molecule has 0 unspecified atom stereocenters. The zero-order chi connectivity index (χ0) is 42.6. The van der Waals surface area contributed by atoms with Crippen molar-refractivity contribution in [3.8, 4) is 22.3 Å². The van der Waals surface area contributed by atoms with E-state index < -0.39 is 5.60 Å². The molecule has 63 heavy (non-hydrogen) atoms. The quantitative estimate of drug-likeness (QED) is 0.165. The molecule has 0 spiro atoms. The summed E-state index contributed by atoms with van der Waals surface area (Å²) in [6.45, 7) is 0. The third-order valence-electron chi connectivity index (χ3n) is 14.8. The van der Waals surface area contributed by atoms with Crippen molar-refractivity contribution >= 4 is 63.7 Å². The standard InChI is InChI=1S/C29H22Br2O.C29H20Br2/c30-25-11-7-20(8-12-25)27-14-13-26(31)17-28(27)29(32,23-9-5-18-1-3-21(18)15-23)24-10-6-19-2-4-22(19)16-24;30-23-9-11-25-26-12-10-24(31)16-28(26)29(27(25)15-23,21-7-5-17-1-3-19(17)13-21)22-8-6-18-2-4-20(18)14-22/h5-17,32H,1-4H2;5-16H,1-4H2. The van der Waals surface area contributed by atoms with Crippen molar-refractivity contribution in [1.29, 1.82) is 0 Å². The number of benzene rings is 8. The smallest absolute Gasteiger partial charge is 0.141 e. The number of fused-ring (bicyclic) bond motifs is 7. The summed E-state index contributed by atoms with van der Waals surface area (Å²) >= 11 is 14.8. The van der Waals surface area contributed by atoms with Crippen LogP contribution in [0.5, 0.6) is 0 Å². The van der Waals surface area contributed by atoms with Gasteiger partial charge in [-0.3, -0.25) is 0 Å². The molecule has 0 amide bonds. The Bertz CT molecular complexity index is 3030. The van der Waals surface area contributed by atoms with E-state index >= 15 is 0 Å². The lowest BCUT2D eigenvalue weighted by molar-refractivity contribution is 0.126. The summed E-state index contributed by atoms with van der Waals surface area (Å²) in [4.78, 5) is 0. The van der Waals surface area contributed by atoms with Gasteiger partial charge in [0.15, 0.2) is 0 Å². The van der Waals surface area contributed by atoms with Crippen LogP contribution in [0.4, 0.5) is 0 Å². The summed E-state index contributed by atoms with van der Waals surface area (Å²) in [5.74, 6) is 0. The van der Waals surface area contributed by atoms with Gasteiger partial charge in [0, 0.05) is 23.5 Å². The van der Waals surface area contributed by atoms with Crippen LogP contribution in [-0.4, -0.2) is 5.11 Å². The Morgan fingerprint density at radius 3 is 1.14 bits per heavy atom. The molecule has 5 aliphatic carbocycles. The molecule has 0 fully saturated rings. The van der Waals surface area contributed by atoms with Crippen LogP contribution < -0.4 is 0 Å². The van der Waals surface area contributed by atoms with Crippen LogP contribution in [0.1, 0.15) is 83.5 Å². The summed E-state index contributed by atoms with van der Waals surface area (Å²) in [6.07, 6.45) is 9.25. The number of aliphatic hydroxyl groups is 1. The molecular weight excluding hydrogens is 1030 g/mol. The van der Waals surface area contributed by atoms with Crippen LogP contribution in [0.2, 0.25) is 0 Å². The van der Waals surface area contributed by atoms with Gasteiger partial charge >= 0.3 is 0 Å². The molecule has 0 heterocycles. The zero-order valence-corrected chi connectivity index (χ0v) is 40.9. The Balaban J connectivity index is 0.000000134. The van der Waals surface area contributed by atoms with Gasteiger partial charge in [-0.2, -0.15) is 0 Å². The van der Waals surface area contributed by atoms with Crippen LogP contribution in [-0.2, 0) is 62.4 Å². The monoisotopic (exact) mass is 1070 g/mol. The van der Waals surface area contributed by atoms with Crippen molar-refractivity contribution in [2.45, 2.75) is 62.4 Å². The maximum atomic E-state index is 12.7. The first-order valence-corrected chi connectivity index (χ1v) is 25.2. The van der Waals surface area contributed by atoms with Gasteiger partial charge in [-0.25, -0.2) is 0 Å². The van der Waals surface area contributed by atoms with E-state index in [1.165, 1.54) is 104 Å². The molecule has 5 heteroatoms. The van der Waals surface area contributed by atoms with Crippen LogP contribution in [0, 0.1) is 0 Å². The fraction of sp³-hybridized carbons (Fsp3) is 0.172. The minimum Gasteiger partial charge on any atom is -0.376 e. The van der Waals surface area contributed by atoms with Crippen molar-refractivity contribution in [2.75, 3.05) is 0 Å². The molecule has 0 saturated carbocycles. The highest BCUT2D eigenvalue weighted by Gasteiger charge is 2.47. The highest BCUT2D eigenvalue weighted by molar-refractivity contribution is 9.11. The largest absolute Gasteiger partial charge is 0.376 e. The molecule has 0 aromatic heterocycles. The van der Waals surface area contributed by atoms with Crippen LogP contribution in [0.15, 0.2) is 170 Å². The Morgan fingerprint density at radius 1 is 0.349 bits per heavy atom. The van der Waals surface area contributed by atoms with Gasteiger partial charge in [0.1, 0.15) is 5.60 Å². The minimum absolute atomic E-state index is 0.298. The van der Waals surface area contributed by atoms with E-state index in [1.807, 2.05) is 0 Å². The predicted octanol–water partition coefficient (Wildman–Crippen LogP) is 15.1. The Kier molecular flexibility index (Phi) is 9.81. The number of aryl methyl sites for hydroxylation is 8. The van der Waals surface area contributed by atoms with Gasteiger partial charge in [-0.05, 0) is 200 Å². The zero-order valence-electron chi connectivity index (χ0n) is 34.5. The highest BCUT2D eigenvalue weighted by atomic mass is 79.9. The second kappa shape index (κ2) is 15.4. The molecule has 308 valence electrons. The van der Waals surface area contributed by atoms with Gasteiger partial charge in [-0.15, -0.1) is 0 Å². The van der Waals surface area contributed by atoms with Gasteiger partial charge in [0.25, 0.3) is 0 Å². The van der Waals surface area contributed by atoms with Crippen LogP contribution in [0.25, 0.3) is 22.3 Å². The normalized spacial score (nSPS) is 15.3. The van der Waals surface area contributed by atoms with E-state index in [2.05, 4.69) is 215 Å². The molecule has 5 aliphatic rings. The Morgan fingerprint density at radius 2 is 0.730 bits per heavy atom. The van der Waals surface area contributed by atoms with Gasteiger partial charge in [0.05, 0.1) is 5.41 Å². The molecule has 0 atom stereocenters. The predicted molar refractivity (Wildman–Crippen MR) is 271 cm³/mol. The SMILES string of the molecule is Brc1ccc2c(c1)C(c1ccc3c(c1)CC3)(c1ccc3c(c1)CC3)c1cc(Br)ccc1-2.OC(c1ccc2c(c1)CC2)(c1ccc2c(c1)CC2)c1cc(Br)ccc1-c1ccc(Br)cc1. The lowest BCUT2D eigenvalue weighted by atomic mass is 9.65. The maximum Gasteiger partial charge on any atom is 0.141 e. The van der Waals surface area contributed by atoms with Crippen molar-refractivity contribution in [3.05, 3.63) is 253 Å². The second-order valence-corrected chi connectivity index (χ2v) is 21.6. The van der Waals surface area contributed by atoms with E-state index in [0.717, 1.165) is 71.4 Å². The maximum absolute atomic E-state index is 12.7. The van der Waals surface area contributed by atoms with E-state index in [1.54, 1.807) is 0 Å². The number of hydrogen-bond acceptors (Lipinski definition) is 1. The van der Waals surface area contributed by atoms with E-state index in [4.69, 9.17) is 0 Å². The number of rotatable bonds is 6. The van der Waals surface area contributed by atoms with E-state index in [9.17, 15) is 5.11 Å². The second-order valence-electron chi connectivity index (χ2n) is 18.0. The molecular formula is C58H42Br4O. The Labute approximate surface area is 403 Å². The third-order valence-corrected chi connectivity index (χ3v) is 16.8. The Hall–Kier alpha value is -4.36. The first kappa shape index (κ1) is 40.2. The summed E-state index contributed by atoms with van der Waals surface area (Å²) < 4.78 is 4.27. The average Bonchev–Trinajstić information content (AvgIpc) is 3.52.